The van der Waals surface area contributed by atoms with E-state index in [-0.39, 0.29) is 17.6 Å². The maximum atomic E-state index is 12.5. The van der Waals surface area contributed by atoms with Gasteiger partial charge in [0.2, 0.25) is 0 Å². The van der Waals surface area contributed by atoms with Gasteiger partial charge in [0.1, 0.15) is 30.5 Å². The molecule has 3 aliphatic heterocycles. The second-order valence-electron chi connectivity index (χ2n) is 8.62. The van der Waals surface area contributed by atoms with Crippen LogP contribution in [0.4, 0.5) is 0 Å². The molecule has 4 rings (SSSR count). The fraction of sp³-hybridized carbons (Fsp3) is 0.700. The first-order chi connectivity index (χ1) is 13.5. The summed E-state index contributed by atoms with van der Waals surface area (Å²) < 4.78 is 60.1. The lowest BCUT2D eigenvalue weighted by molar-refractivity contribution is -0.208. The first kappa shape index (κ1) is 21.2. The van der Waals surface area contributed by atoms with E-state index in [0.717, 1.165) is 5.56 Å². The maximum Gasteiger partial charge on any atom is 0.297 e. The molecule has 5 atom stereocenters. The van der Waals surface area contributed by atoms with Crippen molar-refractivity contribution in [1.29, 1.82) is 0 Å². The molecule has 29 heavy (non-hydrogen) atoms. The van der Waals surface area contributed by atoms with Crippen LogP contribution in [0.5, 0.6) is 0 Å². The Morgan fingerprint density at radius 2 is 1.62 bits per heavy atom. The molecule has 3 saturated heterocycles. The summed E-state index contributed by atoms with van der Waals surface area (Å²) in [5, 5.41) is 0. The van der Waals surface area contributed by atoms with Crippen molar-refractivity contribution in [1.82, 2.24) is 0 Å². The van der Waals surface area contributed by atoms with E-state index in [2.05, 4.69) is 0 Å². The lowest BCUT2D eigenvalue weighted by Crippen LogP contribution is -2.40. The van der Waals surface area contributed by atoms with E-state index in [0.29, 0.717) is 6.61 Å². The average Bonchev–Trinajstić information content (AvgIpc) is 3.23. The minimum Gasteiger partial charge on any atom is -0.364 e. The summed E-state index contributed by atoms with van der Waals surface area (Å²) in [5.41, 5.74) is 0.967. The van der Waals surface area contributed by atoms with Crippen molar-refractivity contribution in [2.45, 2.75) is 81.6 Å². The van der Waals surface area contributed by atoms with Crippen molar-refractivity contribution < 1.29 is 36.3 Å². The van der Waals surface area contributed by atoms with E-state index in [4.69, 9.17) is 27.9 Å². The Kier molecular flexibility index (Phi) is 5.30. The van der Waals surface area contributed by atoms with Crippen LogP contribution in [0.3, 0.4) is 0 Å². The topological polar surface area (TPSA) is 89.5 Å². The molecule has 0 radical (unpaired) electrons. The van der Waals surface area contributed by atoms with Crippen molar-refractivity contribution in [3.8, 4) is 0 Å². The molecule has 0 N–H and O–H groups in total. The summed E-state index contributed by atoms with van der Waals surface area (Å²) in [6.07, 6.45) is -2.26. The summed E-state index contributed by atoms with van der Waals surface area (Å²) in [7, 11) is -3.91. The van der Waals surface area contributed by atoms with Gasteiger partial charge >= 0.3 is 0 Å². The minimum absolute atomic E-state index is 0.104. The molecule has 162 valence electrons. The molecule has 3 heterocycles. The molecule has 0 spiro atoms. The minimum atomic E-state index is -3.91. The van der Waals surface area contributed by atoms with Crippen LogP contribution in [0.1, 0.15) is 33.3 Å². The van der Waals surface area contributed by atoms with Crippen molar-refractivity contribution in [3.05, 3.63) is 29.8 Å². The number of fused-ring (bicyclic) bond motifs is 1. The van der Waals surface area contributed by atoms with Gasteiger partial charge in [-0.2, -0.15) is 8.42 Å². The van der Waals surface area contributed by atoms with E-state index < -0.39 is 46.1 Å². The van der Waals surface area contributed by atoms with Crippen LogP contribution in [-0.2, 0) is 38.0 Å². The lowest BCUT2D eigenvalue weighted by Gasteiger charge is -2.27. The molecule has 0 saturated carbocycles. The van der Waals surface area contributed by atoms with Crippen LogP contribution >= 0.6 is 0 Å². The highest BCUT2D eigenvalue weighted by Gasteiger charge is 2.59. The summed E-state index contributed by atoms with van der Waals surface area (Å²) in [5.74, 6) is -1.51. The zero-order valence-electron chi connectivity index (χ0n) is 17.3. The zero-order chi connectivity index (χ0) is 21.0. The van der Waals surface area contributed by atoms with Gasteiger partial charge in [0, 0.05) is 0 Å². The second-order valence-corrected chi connectivity index (χ2v) is 10.2. The van der Waals surface area contributed by atoms with Gasteiger partial charge in [-0.25, -0.2) is 0 Å². The predicted octanol–water partition coefficient (Wildman–Crippen LogP) is 2.14. The van der Waals surface area contributed by atoms with Gasteiger partial charge in [0.05, 0.1) is 18.1 Å². The van der Waals surface area contributed by atoms with Gasteiger partial charge in [-0.1, -0.05) is 17.7 Å². The molecule has 9 heteroatoms. The summed E-state index contributed by atoms with van der Waals surface area (Å²) in [4.78, 5) is 0.104. The lowest BCUT2D eigenvalue weighted by atomic mass is 10.0. The van der Waals surface area contributed by atoms with Crippen molar-refractivity contribution in [2.24, 2.45) is 0 Å². The molecule has 3 fully saturated rings. The summed E-state index contributed by atoms with van der Waals surface area (Å²) >= 11 is 0. The van der Waals surface area contributed by atoms with Crippen molar-refractivity contribution >= 4 is 10.1 Å². The number of hydrogen-bond acceptors (Lipinski definition) is 8. The van der Waals surface area contributed by atoms with Gasteiger partial charge in [-0.3, -0.25) is 4.18 Å². The molecular formula is C20H28O8S. The third kappa shape index (κ3) is 4.36. The molecule has 0 aromatic heterocycles. The first-order valence-corrected chi connectivity index (χ1v) is 11.2. The number of hydrogen-bond donors (Lipinski definition) is 0. The third-order valence-electron chi connectivity index (χ3n) is 5.28. The summed E-state index contributed by atoms with van der Waals surface area (Å²) in [6, 6.07) is 6.50. The Hall–Kier alpha value is -1.07. The highest BCUT2D eigenvalue weighted by atomic mass is 32.2. The molecular weight excluding hydrogens is 400 g/mol. The van der Waals surface area contributed by atoms with Crippen LogP contribution < -0.4 is 0 Å². The number of aryl methyl sites for hydroxylation is 1. The van der Waals surface area contributed by atoms with Gasteiger partial charge in [-0.15, -0.1) is 0 Å². The van der Waals surface area contributed by atoms with E-state index in [1.165, 1.54) is 12.1 Å². The van der Waals surface area contributed by atoms with Crippen LogP contribution in [0, 0.1) is 6.92 Å². The molecule has 0 aliphatic carbocycles. The molecule has 8 nitrogen and oxygen atoms in total. The van der Waals surface area contributed by atoms with Gasteiger partial charge in [0.25, 0.3) is 10.1 Å². The maximum absolute atomic E-state index is 12.5. The predicted molar refractivity (Wildman–Crippen MR) is 102 cm³/mol. The Bertz CT molecular complexity index is 848. The van der Waals surface area contributed by atoms with E-state index in [1.807, 2.05) is 34.6 Å². The SMILES string of the molecule is Cc1ccc(S(=O)(=O)OCC2O[C@@H]([C@@H]3COC(C)(C)O3)[C@@H]3OC(C)(C)O[C@H]23)cc1. The standard InChI is InChI=1S/C20H28O8S/c1-12-6-8-13(9-7-12)29(21,22)24-11-14-17-18(28-20(4,5)27-17)16(25-14)15-10-23-19(2,3)26-15/h6-9,14-18H,10-11H2,1-5H3/t14?,15-,16-,17+,18-/m0/s1. The van der Waals surface area contributed by atoms with Crippen LogP contribution in [0.2, 0.25) is 0 Å². The number of benzene rings is 1. The van der Waals surface area contributed by atoms with Gasteiger partial charge in [-0.05, 0) is 46.8 Å². The monoisotopic (exact) mass is 428 g/mol. The molecule has 1 aromatic rings. The second kappa shape index (κ2) is 7.26. The zero-order valence-corrected chi connectivity index (χ0v) is 18.1. The highest BCUT2D eigenvalue weighted by Crippen LogP contribution is 2.42. The Balaban J connectivity index is 1.48. The van der Waals surface area contributed by atoms with Crippen LogP contribution in [0.15, 0.2) is 29.2 Å². The largest absolute Gasteiger partial charge is 0.364 e. The van der Waals surface area contributed by atoms with E-state index in [1.54, 1.807) is 12.1 Å². The molecule has 0 bridgehead atoms. The van der Waals surface area contributed by atoms with Crippen LogP contribution in [-0.4, -0.2) is 63.7 Å². The molecule has 1 aromatic carbocycles. The van der Waals surface area contributed by atoms with Crippen molar-refractivity contribution in [3.63, 3.8) is 0 Å². The summed E-state index contributed by atoms with van der Waals surface area (Å²) in [6.45, 7) is 9.39. The van der Waals surface area contributed by atoms with E-state index in [9.17, 15) is 8.42 Å². The van der Waals surface area contributed by atoms with E-state index >= 15 is 0 Å². The van der Waals surface area contributed by atoms with Gasteiger partial charge < -0.3 is 23.7 Å². The Morgan fingerprint density at radius 1 is 0.966 bits per heavy atom. The fourth-order valence-corrected chi connectivity index (χ4v) is 4.87. The fourth-order valence-electron chi connectivity index (χ4n) is 3.96. The molecule has 3 aliphatic rings. The average molecular weight is 429 g/mol. The quantitative estimate of drug-likeness (QED) is 0.659. The third-order valence-corrected chi connectivity index (χ3v) is 6.58. The Morgan fingerprint density at radius 3 is 2.24 bits per heavy atom. The van der Waals surface area contributed by atoms with Gasteiger partial charge in [0.15, 0.2) is 11.6 Å². The molecule has 0 amide bonds. The number of rotatable bonds is 5. The highest BCUT2D eigenvalue weighted by molar-refractivity contribution is 7.86. The first-order valence-electron chi connectivity index (χ1n) is 9.75. The van der Waals surface area contributed by atoms with Crippen molar-refractivity contribution in [2.75, 3.05) is 13.2 Å². The van der Waals surface area contributed by atoms with Crippen LogP contribution in [0.25, 0.3) is 0 Å². The smallest absolute Gasteiger partial charge is 0.297 e. The Labute approximate surface area is 171 Å². The number of ether oxygens (including phenoxy) is 5. The molecule has 1 unspecified atom stereocenters. The normalized spacial score (nSPS) is 35.7.